The highest BCUT2D eigenvalue weighted by molar-refractivity contribution is 6.14. The second-order valence-electron chi connectivity index (χ2n) is 5.11. The first kappa shape index (κ1) is 13.1. The lowest BCUT2D eigenvalue weighted by Crippen LogP contribution is -2.24. The van der Waals surface area contributed by atoms with Crippen molar-refractivity contribution < 1.29 is 9.59 Å². The van der Waals surface area contributed by atoms with Crippen LogP contribution in [0, 0.1) is 11.3 Å². The minimum absolute atomic E-state index is 0.0307. The average molecular weight is 222 g/mol. The standard InChI is InChI=1S/C14H22O2/c1-4-5-6-12(15)14(9-10-14)13(16)8-7-11(2)3/h5-6,11H,4,7-10H2,1-3H3/b6-5+. The van der Waals surface area contributed by atoms with E-state index in [0.29, 0.717) is 12.3 Å². The van der Waals surface area contributed by atoms with E-state index in [0.717, 1.165) is 25.7 Å². The summed E-state index contributed by atoms with van der Waals surface area (Å²) >= 11 is 0. The fraction of sp³-hybridized carbons (Fsp3) is 0.714. The summed E-state index contributed by atoms with van der Waals surface area (Å²) in [4.78, 5) is 23.8. The SMILES string of the molecule is CC/C=C/C(=O)C1(C(=O)CCC(C)C)CC1. The van der Waals surface area contributed by atoms with Crippen LogP contribution in [0.15, 0.2) is 12.2 Å². The third kappa shape index (κ3) is 3.03. The minimum Gasteiger partial charge on any atom is -0.299 e. The van der Waals surface area contributed by atoms with Crippen LogP contribution < -0.4 is 0 Å². The van der Waals surface area contributed by atoms with Crippen molar-refractivity contribution in [3.8, 4) is 0 Å². The molecule has 0 aliphatic heterocycles. The van der Waals surface area contributed by atoms with Gasteiger partial charge in [0, 0.05) is 6.42 Å². The molecule has 2 nitrogen and oxygen atoms in total. The van der Waals surface area contributed by atoms with Crippen LogP contribution in [0.1, 0.15) is 52.9 Å². The smallest absolute Gasteiger partial charge is 0.168 e. The molecule has 0 amide bonds. The summed E-state index contributed by atoms with van der Waals surface area (Å²) < 4.78 is 0. The van der Waals surface area contributed by atoms with Crippen LogP contribution in [0.25, 0.3) is 0 Å². The van der Waals surface area contributed by atoms with E-state index >= 15 is 0 Å². The molecule has 1 aliphatic rings. The van der Waals surface area contributed by atoms with Crippen LogP contribution in [-0.4, -0.2) is 11.6 Å². The van der Waals surface area contributed by atoms with Gasteiger partial charge in [-0.2, -0.15) is 0 Å². The molecule has 16 heavy (non-hydrogen) atoms. The Kier molecular flexibility index (Phi) is 4.45. The first-order valence-electron chi connectivity index (χ1n) is 6.27. The number of hydrogen-bond acceptors (Lipinski definition) is 2. The van der Waals surface area contributed by atoms with E-state index in [4.69, 9.17) is 0 Å². The Morgan fingerprint density at radius 1 is 1.31 bits per heavy atom. The lowest BCUT2D eigenvalue weighted by Gasteiger charge is -2.11. The van der Waals surface area contributed by atoms with Gasteiger partial charge in [-0.05, 0) is 37.7 Å². The van der Waals surface area contributed by atoms with Gasteiger partial charge < -0.3 is 0 Å². The second kappa shape index (κ2) is 5.42. The molecule has 90 valence electrons. The number of Topliss-reactive ketones (excluding diaryl/α,β-unsaturated/α-hetero) is 1. The zero-order valence-corrected chi connectivity index (χ0v) is 10.6. The van der Waals surface area contributed by atoms with E-state index in [-0.39, 0.29) is 11.6 Å². The maximum absolute atomic E-state index is 12.0. The number of rotatable bonds is 7. The van der Waals surface area contributed by atoms with Gasteiger partial charge in [0.2, 0.25) is 0 Å². The van der Waals surface area contributed by atoms with Crippen molar-refractivity contribution in [1.82, 2.24) is 0 Å². The predicted octanol–water partition coefficient (Wildman–Crippen LogP) is 3.31. The first-order valence-corrected chi connectivity index (χ1v) is 6.27. The molecule has 1 aliphatic carbocycles. The third-order valence-corrected chi connectivity index (χ3v) is 3.21. The number of carbonyl (C=O) groups is 2. The van der Waals surface area contributed by atoms with Crippen molar-refractivity contribution in [3.05, 3.63) is 12.2 Å². The molecule has 0 spiro atoms. The van der Waals surface area contributed by atoms with Gasteiger partial charge in [-0.3, -0.25) is 9.59 Å². The fourth-order valence-corrected chi connectivity index (χ4v) is 1.83. The van der Waals surface area contributed by atoms with Gasteiger partial charge in [-0.25, -0.2) is 0 Å². The summed E-state index contributed by atoms with van der Waals surface area (Å²) in [7, 11) is 0. The molecular formula is C14H22O2. The molecule has 1 fully saturated rings. The Morgan fingerprint density at radius 3 is 2.38 bits per heavy atom. The zero-order valence-electron chi connectivity index (χ0n) is 10.6. The van der Waals surface area contributed by atoms with Crippen LogP contribution in [0.3, 0.4) is 0 Å². The summed E-state index contributed by atoms with van der Waals surface area (Å²) in [6, 6.07) is 0. The van der Waals surface area contributed by atoms with Gasteiger partial charge in [-0.15, -0.1) is 0 Å². The van der Waals surface area contributed by atoms with Gasteiger partial charge in [0.1, 0.15) is 5.78 Å². The molecule has 1 rings (SSSR count). The molecule has 0 bridgehead atoms. The van der Waals surface area contributed by atoms with Crippen LogP contribution in [-0.2, 0) is 9.59 Å². The molecule has 0 heterocycles. The predicted molar refractivity (Wildman–Crippen MR) is 65.2 cm³/mol. The lowest BCUT2D eigenvalue weighted by molar-refractivity contribution is -0.132. The zero-order chi connectivity index (χ0) is 12.2. The van der Waals surface area contributed by atoms with E-state index < -0.39 is 5.41 Å². The normalized spacial score (nSPS) is 18.0. The summed E-state index contributed by atoms with van der Waals surface area (Å²) in [5, 5.41) is 0. The summed E-state index contributed by atoms with van der Waals surface area (Å²) in [6.45, 7) is 6.20. The average Bonchev–Trinajstić information content (AvgIpc) is 3.03. The molecule has 0 atom stereocenters. The quantitative estimate of drug-likeness (QED) is 0.489. The molecule has 0 radical (unpaired) electrons. The van der Waals surface area contributed by atoms with E-state index in [1.807, 2.05) is 13.0 Å². The highest BCUT2D eigenvalue weighted by Crippen LogP contribution is 2.48. The van der Waals surface area contributed by atoms with Crippen molar-refractivity contribution in [2.45, 2.75) is 52.9 Å². The van der Waals surface area contributed by atoms with Crippen LogP contribution in [0.4, 0.5) is 0 Å². The Morgan fingerprint density at radius 2 is 1.94 bits per heavy atom. The van der Waals surface area contributed by atoms with Crippen molar-refractivity contribution in [3.63, 3.8) is 0 Å². The highest BCUT2D eigenvalue weighted by Gasteiger charge is 2.53. The first-order chi connectivity index (χ1) is 7.53. The topological polar surface area (TPSA) is 34.1 Å². The summed E-state index contributed by atoms with van der Waals surface area (Å²) in [5.74, 6) is 0.719. The molecule has 0 aromatic rings. The van der Waals surface area contributed by atoms with Gasteiger partial charge in [0.25, 0.3) is 0 Å². The third-order valence-electron chi connectivity index (χ3n) is 3.21. The molecule has 0 aromatic heterocycles. The summed E-state index contributed by atoms with van der Waals surface area (Å²) in [5.41, 5.74) is -0.611. The Hall–Kier alpha value is -0.920. The molecule has 0 unspecified atom stereocenters. The van der Waals surface area contributed by atoms with Crippen LogP contribution >= 0.6 is 0 Å². The largest absolute Gasteiger partial charge is 0.299 e. The number of carbonyl (C=O) groups excluding carboxylic acids is 2. The maximum atomic E-state index is 12.0. The Labute approximate surface area is 98.1 Å². The maximum Gasteiger partial charge on any atom is 0.168 e. The van der Waals surface area contributed by atoms with Crippen LogP contribution in [0.2, 0.25) is 0 Å². The van der Waals surface area contributed by atoms with E-state index in [1.54, 1.807) is 6.08 Å². The monoisotopic (exact) mass is 222 g/mol. The molecule has 0 saturated heterocycles. The van der Waals surface area contributed by atoms with E-state index in [9.17, 15) is 9.59 Å². The van der Waals surface area contributed by atoms with Crippen molar-refractivity contribution >= 4 is 11.6 Å². The van der Waals surface area contributed by atoms with Crippen molar-refractivity contribution in [1.29, 1.82) is 0 Å². The number of ketones is 2. The van der Waals surface area contributed by atoms with Crippen LogP contribution in [0.5, 0.6) is 0 Å². The van der Waals surface area contributed by atoms with Crippen molar-refractivity contribution in [2.75, 3.05) is 0 Å². The Balaban J connectivity index is 2.54. The number of allylic oxidation sites excluding steroid dienone is 2. The van der Waals surface area contributed by atoms with Gasteiger partial charge in [-0.1, -0.05) is 26.8 Å². The van der Waals surface area contributed by atoms with Gasteiger partial charge >= 0.3 is 0 Å². The minimum atomic E-state index is -0.611. The fourth-order valence-electron chi connectivity index (χ4n) is 1.83. The number of hydrogen-bond donors (Lipinski definition) is 0. The van der Waals surface area contributed by atoms with Gasteiger partial charge in [0.05, 0.1) is 5.41 Å². The van der Waals surface area contributed by atoms with E-state index in [2.05, 4.69) is 13.8 Å². The second-order valence-corrected chi connectivity index (χ2v) is 5.11. The lowest BCUT2D eigenvalue weighted by atomic mass is 9.90. The molecular weight excluding hydrogens is 200 g/mol. The van der Waals surface area contributed by atoms with E-state index in [1.165, 1.54) is 0 Å². The van der Waals surface area contributed by atoms with Crippen molar-refractivity contribution in [2.24, 2.45) is 11.3 Å². The molecule has 0 N–H and O–H groups in total. The molecule has 0 aromatic carbocycles. The molecule has 1 saturated carbocycles. The summed E-state index contributed by atoms with van der Waals surface area (Å²) in [6.07, 6.45) is 7.27. The van der Waals surface area contributed by atoms with Gasteiger partial charge in [0.15, 0.2) is 5.78 Å². The molecule has 2 heteroatoms. The highest BCUT2D eigenvalue weighted by atomic mass is 16.2. The Bertz CT molecular complexity index is 296.